The van der Waals surface area contributed by atoms with Crippen molar-refractivity contribution in [3.8, 4) is 5.75 Å². The number of phenolic OH excluding ortho intramolecular Hbond substituents is 1. The van der Waals surface area contributed by atoms with E-state index in [9.17, 15) is 9.50 Å². The van der Waals surface area contributed by atoms with Gasteiger partial charge in [0.15, 0.2) is 17.5 Å². The second-order valence-corrected chi connectivity index (χ2v) is 7.73. The molecule has 3 rings (SSSR count). The van der Waals surface area contributed by atoms with E-state index >= 15 is 0 Å². The molecule has 1 aliphatic carbocycles. The molecule has 6 heteroatoms. The van der Waals surface area contributed by atoms with Gasteiger partial charge in [-0.2, -0.15) is 0 Å². The van der Waals surface area contributed by atoms with Crippen LogP contribution in [0.2, 0.25) is 0 Å². The Morgan fingerprint density at radius 2 is 1.93 bits per heavy atom. The Morgan fingerprint density at radius 3 is 2.59 bits per heavy atom. The summed E-state index contributed by atoms with van der Waals surface area (Å²) in [5.74, 6) is -0.143. The van der Waals surface area contributed by atoms with E-state index < -0.39 is 5.82 Å². The summed E-state index contributed by atoms with van der Waals surface area (Å²) in [6, 6.07) is 5.64. The number of benzene rings is 1. The molecule has 0 radical (unpaired) electrons. The van der Waals surface area contributed by atoms with Crippen molar-refractivity contribution in [2.75, 3.05) is 19.6 Å². The number of nitrogens with zero attached hydrogens (tertiary/aromatic N) is 2. The number of rotatable bonds is 5. The first-order valence-corrected chi connectivity index (χ1v) is 10.4. The van der Waals surface area contributed by atoms with Gasteiger partial charge in [0.05, 0.1) is 6.54 Å². The minimum Gasteiger partial charge on any atom is -0.505 e. The lowest BCUT2D eigenvalue weighted by Gasteiger charge is -2.39. The fraction of sp³-hybridized carbons (Fsp3) is 0.667. The average molecular weight is 377 g/mol. The maximum Gasteiger partial charge on any atom is 0.191 e. The highest BCUT2D eigenvalue weighted by Crippen LogP contribution is 2.25. The number of aromatic hydroxyl groups is 1. The molecular weight excluding hydrogens is 343 g/mol. The molecule has 0 atom stereocenters. The highest BCUT2D eigenvalue weighted by molar-refractivity contribution is 5.80. The molecule has 1 saturated carbocycles. The molecule has 1 aromatic rings. The van der Waals surface area contributed by atoms with Crippen LogP contribution < -0.4 is 10.6 Å². The number of aliphatic imine (C=N–C) groups is 1. The third kappa shape index (κ3) is 5.83. The summed E-state index contributed by atoms with van der Waals surface area (Å²) < 4.78 is 13.5. The predicted molar refractivity (Wildman–Crippen MR) is 107 cm³/mol. The molecule has 0 unspecified atom stereocenters. The van der Waals surface area contributed by atoms with E-state index in [0.29, 0.717) is 12.6 Å². The second kappa shape index (κ2) is 9.93. The highest BCUT2D eigenvalue weighted by atomic mass is 19.1. The molecule has 5 nitrogen and oxygen atoms in total. The monoisotopic (exact) mass is 376 g/mol. The van der Waals surface area contributed by atoms with E-state index in [0.717, 1.165) is 50.0 Å². The Balaban J connectivity index is 1.51. The minimum atomic E-state index is -0.601. The Morgan fingerprint density at radius 1 is 1.19 bits per heavy atom. The zero-order valence-electron chi connectivity index (χ0n) is 16.4. The molecule has 0 amide bonds. The van der Waals surface area contributed by atoms with Gasteiger partial charge in [-0.05, 0) is 50.3 Å². The van der Waals surface area contributed by atoms with Crippen LogP contribution in [-0.2, 0) is 6.54 Å². The van der Waals surface area contributed by atoms with E-state index in [1.165, 1.54) is 44.2 Å². The molecule has 0 spiro atoms. The van der Waals surface area contributed by atoms with Gasteiger partial charge in [-0.1, -0.05) is 25.3 Å². The van der Waals surface area contributed by atoms with Gasteiger partial charge >= 0.3 is 0 Å². The smallest absolute Gasteiger partial charge is 0.191 e. The molecule has 150 valence electrons. The average Bonchev–Trinajstić information content (AvgIpc) is 2.70. The Hall–Kier alpha value is -1.82. The Kier molecular flexibility index (Phi) is 7.33. The summed E-state index contributed by atoms with van der Waals surface area (Å²) in [4.78, 5) is 7.27. The van der Waals surface area contributed by atoms with Crippen LogP contribution in [0.4, 0.5) is 4.39 Å². The third-order valence-electron chi connectivity index (χ3n) is 5.74. The minimum absolute atomic E-state index is 0.322. The molecule has 1 saturated heterocycles. The van der Waals surface area contributed by atoms with E-state index in [-0.39, 0.29) is 5.75 Å². The summed E-state index contributed by atoms with van der Waals surface area (Å²) in [6.45, 7) is 5.53. The second-order valence-electron chi connectivity index (χ2n) is 7.73. The van der Waals surface area contributed by atoms with Crippen LogP contribution in [0.3, 0.4) is 0 Å². The number of phenols is 1. The molecule has 0 aromatic heterocycles. The van der Waals surface area contributed by atoms with Crippen LogP contribution in [0.15, 0.2) is 23.2 Å². The predicted octanol–water partition coefficient (Wildman–Crippen LogP) is 3.38. The van der Waals surface area contributed by atoms with E-state index in [1.54, 1.807) is 6.07 Å². The van der Waals surface area contributed by atoms with Gasteiger partial charge in [-0.3, -0.25) is 0 Å². The normalized spacial score (nSPS) is 20.6. The van der Waals surface area contributed by atoms with Crippen molar-refractivity contribution < 1.29 is 9.50 Å². The van der Waals surface area contributed by atoms with Crippen LogP contribution in [0, 0.1) is 5.82 Å². The number of hydrogen-bond donors (Lipinski definition) is 3. The van der Waals surface area contributed by atoms with Crippen molar-refractivity contribution in [2.45, 2.75) is 70.5 Å². The highest BCUT2D eigenvalue weighted by Gasteiger charge is 2.26. The zero-order chi connectivity index (χ0) is 19.1. The lowest BCUT2D eigenvalue weighted by Crippen LogP contribution is -2.50. The number of nitrogens with one attached hydrogen (secondary N) is 2. The summed E-state index contributed by atoms with van der Waals surface area (Å²) in [5.41, 5.74) is 0.745. The quantitative estimate of drug-likeness (QED) is 0.545. The molecule has 1 heterocycles. The molecule has 2 aliphatic rings. The van der Waals surface area contributed by atoms with Crippen LogP contribution in [-0.4, -0.2) is 47.7 Å². The number of halogens is 1. The summed E-state index contributed by atoms with van der Waals surface area (Å²) in [6.07, 6.45) is 9.18. The topological polar surface area (TPSA) is 59.9 Å². The summed E-state index contributed by atoms with van der Waals surface area (Å²) in [7, 11) is 0. The SMILES string of the molecule is CCNC(=NCc1ccc(O)c(F)c1)NC1CCN(C2CCCCC2)CC1. The van der Waals surface area contributed by atoms with Gasteiger partial charge in [-0.25, -0.2) is 9.38 Å². The molecule has 0 bridgehead atoms. The van der Waals surface area contributed by atoms with E-state index in [4.69, 9.17) is 0 Å². The van der Waals surface area contributed by atoms with Gasteiger partial charge in [0.2, 0.25) is 0 Å². The fourth-order valence-corrected chi connectivity index (χ4v) is 4.19. The molecule has 27 heavy (non-hydrogen) atoms. The van der Waals surface area contributed by atoms with Crippen molar-refractivity contribution in [3.05, 3.63) is 29.6 Å². The van der Waals surface area contributed by atoms with Crippen LogP contribution in [0.5, 0.6) is 5.75 Å². The van der Waals surface area contributed by atoms with E-state index in [1.807, 2.05) is 6.92 Å². The van der Waals surface area contributed by atoms with Crippen molar-refractivity contribution >= 4 is 5.96 Å². The standard InChI is InChI=1S/C21H33FN4O/c1-2-23-21(24-15-16-8-9-20(27)19(22)14-16)25-17-10-12-26(13-11-17)18-6-4-3-5-7-18/h8-9,14,17-18,27H,2-7,10-13,15H2,1H3,(H2,23,24,25). The first-order valence-electron chi connectivity index (χ1n) is 10.4. The van der Waals surface area contributed by atoms with Crippen LogP contribution >= 0.6 is 0 Å². The molecule has 1 aliphatic heterocycles. The summed E-state index contributed by atoms with van der Waals surface area (Å²) >= 11 is 0. The number of guanidine groups is 1. The molecule has 1 aromatic carbocycles. The van der Waals surface area contributed by atoms with Gasteiger partial charge in [0.1, 0.15) is 0 Å². The van der Waals surface area contributed by atoms with Gasteiger partial charge < -0.3 is 20.6 Å². The van der Waals surface area contributed by atoms with Crippen molar-refractivity contribution in [3.63, 3.8) is 0 Å². The third-order valence-corrected chi connectivity index (χ3v) is 5.74. The first kappa shape index (κ1) is 19.9. The number of hydrogen-bond acceptors (Lipinski definition) is 3. The van der Waals surface area contributed by atoms with Gasteiger partial charge in [-0.15, -0.1) is 0 Å². The molecule has 3 N–H and O–H groups in total. The van der Waals surface area contributed by atoms with Crippen molar-refractivity contribution in [1.29, 1.82) is 0 Å². The van der Waals surface area contributed by atoms with Crippen molar-refractivity contribution in [2.24, 2.45) is 4.99 Å². The molecular formula is C21H33FN4O. The van der Waals surface area contributed by atoms with Crippen LogP contribution in [0.1, 0.15) is 57.4 Å². The largest absolute Gasteiger partial charge is 0.505 e. The maximum atomic E-state index is 13.5. The van der Waals surface area contributed by atoms with Gasteiger partial charge in [0.25, 0.3) is 0 Å². The maximum absolute atomic E-state index is 13.5. The van der Waals surface area contributed by atoms with E-state index in [2.05, 4.69) is 20.5 Å². The fourth-order valence-electron chi connectivity index (χ4n) is 4.19. The zero-order valence-corrected chi connectivity index (χ0v) is 16.4. The van der Waals surface area contributed by atoms with Crippen LogP contribution in [0.25, 0.3) is 0 Å². The van der Waals surface area contributed by atoms with Gasteiger partial charge in [0, 0.05) is 31.7 Å². The lowest BCUT2D eigenvalue weighted by atomic mass is 9.92. The van der Waals surface area contributed by atoms with Crippen molar-refractivity contribution in [1.82, 2.24) is 15.5 Å². The number of likely N-dealkylation sites (tertiary alicyclic amines) is 1. The Bertz CT molecular complexity index is 623. The first-order chi connectivity index (χ1) is 13.2. The number of piperidine rings is 1. The molecule has 2 fully saturated rings. The lowest BCUT2D eigenvalue weighted by molar-refractivity contribution is 0.119. The summed E-state index contributed by atoms with van der Waals surface area (Å²) in [5, 5.41) is 16.1. The Labute approximate surface area is 162 Å².